The third-order valence-electron chi connectivity index (χ3n) is 3.14. The number of nitrogens with two attached hydrogens (primary N) is 1. The molecule has 0 aliphatic carbocycles. The molecule has 0 saturated heterocycles. The van der Waals surface area contributed by atoms with Crippen molar-refractivity contribution < 1.29 is 9.47 Å². The van der Waals surface area contributed by atoms with Gasteiger partial charge < -0.3 is 15.2 Å². The van der Waals surface area contributed by atoms with Crippen LogP contribution < -0.4 is 15.2 Å². The van der Waals surface area contributed by atoms with E-state index < -0.39 is 0 Å². The van der Waals surface area contributed by atoms with Gasteiger partial charge in [0.25, 0.3) is 0 Å². The molecule has 112 valence electrons. The van der Waals surface area contributed by atoms with Crippen LogP contribution in [0.25, 0.3) is 0 Å². The maximum atomic E-state index is 6.25. The first-order valence-electron chi connectivity index (χ1n) is 7.09. The quantitative estimate of drug-likeness (QED) is 0.886. The van der Waals surface area contributed by atoms with Gasteiger partial charge in [0.15, 0.2) is 0 Å². The third kappa shape index (κ3) is 4.46. The van der Waals surface area contributed by atoms with E-state index in [2.05, 4.69) is 4.98 Å². The number of nitrogens with zero attached hydrogens (tertiary/aromatic N) is 1. The second-order valence-electron chi connectivity index (χ2n) is 5.26. The van der Waals surface area contributed by atoms with Gasteiger partial charge >= 0.3 is 0 Å². The Balaban J connectivity index is 2.00. The van der Waals surface area contributed by atoms with Crippen molar-refractivity contribution in [3.05, 3.63) is 53.7 Å². The van der Waals surface area contributed by atoms with Gasteiger partial charge in [-0.05, 0) is 43.5 Å². The number of hydrogen-bond donors (Lipinski definition) is 1. The van der Waals surface area contributed by atoms with Crippen LogP contribution in [0.1, 0.15) is 31.0 Å². The van der Waals surface area contributed by atoms with E-state index in [-0.39, 0.29) is 12.1 Å². The third-order valence-corrected chi connectivity index (χ3v) is 3.14. The predicted molar refractivity (Wildman–Crippen MR) is 83.6 cm³/mol. The number of aromatic nitrogens is 1. The minimum Gasteiger partial charge on any atom is -0.491 e. The van der Waals surface area contributed by atoms with E-state index in [9.17, 15) is 0 Å². The molecule has 21 heavy (non-hydrogen) atoms. The lowest BCUT2D eigenvalue weighted by molar-refractivity contribution is 0.242. The maximum Gasteiger partial charge on any atom is 0.212 e. The largest absolute Gasteiger partial charge is 0.491 e. The van der Waals surface area contributed by atoms with E-state index in [4.69, 9.17) is 15.2 Å². The second-order valence-corrected chi connectivity index (χ2v) is 5.26. The van der Waals surface area contributed by atoms with Crippen LogP contribution in [0.15, 0.2) is 42.6 Å². The summed E-state index contributed by atoms with van der Waals surface area (Å²) in [6.45, 7) is 4.02. The van der Waals surface area contributed by atoms with Crippen LogP contribution in [0.5, 0.6) is 11.6 Å². The fourth-order valence-corrected chi connectivity index (χ4v) is 2.09. The fraction of sp³-hybridized carbons (Fsp3) is 0.353. The Bertz CT molecular complexity index is 550. The van der Waals surface area contributed by atoms with Gasteiger partial charge in [-0.2, -0.15) is 0 Å². The van der Waals surface area contributed by atoms with Crippen molar-refractivity contribution in [1.82, 2.24) is 4.98 Å². The molecule has 2 aromatic rings. The van der Waals surface area contributed by atoms with Gasteiger partial charge in [-0.1, -0.05) is 18.2 Å². The molecule has 4 nitrogen and oxygen atoms in total. The molecule has 2 rings (SSSR count). The van der Waals surface area contributed by atoms with Crippen molar-refractivity contribution in [2.75, 3.05) is 7.11 Å². The summed E-state index contributed by atoms with van der Waals surface area (Å²) in [5, 5.41) is 0. The van der Waals surface area contributed by atoms with Crippen molar-refractivity contribution in [2.24, 2.45) is 5.73 Å². The molecule has 1 heterocycles. The Labute approximate surface area is 125 Å². The van der Waals surface area contributed by atoms with Crippen molar-refractivity contribution in [1.29, 1.82) is 0 Å². The molecule has 0 bridgehead atoms. The van der Waals surface area contributed by atoms with E-state index in [1.54, 1.807) is 13.3 Å². The van der Waals surface area contributed by atoms with E-state index in [1.165, 1.54) is 0 Å². The van der Waals surface area contributed by atoms with Gasteiger partial charge in [-0.25, -0.2) is 4.98 Å². The topological polar surface area (TPSA) is 57.4 Å². The van der Waals surface area contributed by atoms with Gasteiger partial charge in [-0.3, -0.25) is 0 Å². The second kappa shape index (κ2) is 7.09. The molecule has 0 saturated carbocycles. The Morgan fingerprint density at radius 3 is 2.33 bits per heavy atom. The first kappa shape index (κ1) is 15.3. The van der Waals surface area contributed by atoms with Crippen LogP contribution in [0.3, 0.4) is 0 Å². The zero-order chi connectivity index (χ0) is 15.2. The van der Waals surface area contributed by atoms with E-state index in [1.807, 2.05) is 50.2 Å². The molecule has 0 spiro atoms. The number of hydrogen-bond acceptors (Lipinski definition) is 4. The molecule has 0 radical (unpaired) electrons. The highest BCUT2D eigenvalue weighted by Crippen LogP contribution is 2.20. The average molecular weight is 286 g/mol. The van der Waals surface area contributed by atoms with Gasteiger partial charge in [0.05, 0.1) is 13.2 Å². The smallest absolute Gasteiger partial charge is 0.212 e. The number of ether oxygens (including phenoxy) is 2. The molecule has 0 aliphatic rings. The maximum absolute atomic E-state index is 6.25. The summed E-state index contributed by atoms with van der Waals surface area (Å²) in [6, 6.07) is 11.7. The summed E-state index contributed by atoms with van der Waals surface area (Å²) in [4.78, 5) is 4.19. The highest BCUT2D eigenvalue weighted by atomic mass is 16.5. The standard InChI is InChI=1S/C17H22N2O2/c1-12(2)21-15-7-5-14(6-8-15)16(18)10-13-4-9-17(20-3)19-11-13/h4-9,11-12,16H,10,18H2,1-3H3. The highest BCUT2D eigenvalue weighted by Gasteiger charge is 2.08. The van der Waals surface area contributed by atoms with Crippen LogP contribution in [0, 0.1) is 0 Å². The summed E-state index contributed by atoms with van der Waals surface area (Å²) in [5.41, 5.74) is 8.42. The first-order chi connectivity index (χ1) is 10.1. The number of methoxy groups -OCH3 is 1. The number of pyridine rings is 1. The molecular weight excluding hydrogens is 264 g/mol. The van der Waals surface area contributed by atoms with Gasteiger partial charge in [0.2, 0.25) is 5.88 Å². The van der Waals surface area contributed by atoms with Gasteiger partial charge in [-0.15, -0.1) is 0 Å². The van der Waals surface area contributed by atoms with Crippen molar-refractivity contribution >= 4 is 0 Å². The molecule has 1 aromatic heterocycles. The Hall–Kier alpha value is -2.07. The Kier molecular flexibility index (Phi) is 5.17. The lowest BCUT2D eigenvalue weighted by Crippen LogP contribution is -2.13. The first-order valence-corrected chi connectivity index (χ1v) is 7.09. The molecule has 0 aliphatic heterocycles. The Morgan fingerprint density at radius 2 is 1.81 bits per heavy atom. The van der Waals surface area contributed by atoms with Gasteiger partial charge in [0.1, 0.15) is 5.75 Å². The van der Waals surface area contributed by atoms with Gasteiger partial charge in [0, 0.05) is 18.3 Å². The summed E-state index contributed by atoms with van der Waals surface area (Å²) < 4.78 is 10.7. The molecule has 4 heteroatoms. The minimum atomic E-state index is -0.0618. The van der Waals surface area contributed by atoms with Crippen molar-refractivity contribution in [3.8, 4) is 11.6 Å². The van der Waals surface area contributed by atoms with Crippen molar-refractivity contribution in [2.45, 2.75) is 32.4 Å². The van der Waals surface area contributed by atoms with Crippen LogP contribution in [0.2, 0.25) is 0 Å². The average Bonchev–Trinajstić information content (AvgIpc) is 2.48. The number of rotatable bonds is 6. The minimum absolute atomic E-state index is 0.0618. The predicted octanol–water partition coefficient (Wildman–Crippen LogP) is 3.12. The van der Waals surface area contributed by atoms with Crippen LogP contribution in [-0.2, 0) is 6.42 Å². The SMILES string of the molecule is COc1ccc(CC(N)c2ccc(OC(C)C)cc2)cn1. The molecule has 1 aromatic carbocycles. The van der Waals surface area contributed by atoms with E-state index >= 15 is 0 Å². The zero-order valence-electron chi connectivity index (χ0n) is 12.7. The summed E-state index contributed by atoms with van der Waals surface area (Å²) in [6.07, 6.45) is 2.71. The van der Waals surface area contributed by atoms with Crippen LogP contribution >= 0.6 is 0 Å². The Morgan fingerprint density at radius 1 is 1.10 bits per heavy atom. The highest BCUT2D eigenvalue weighted by molar-refractivity contribution is 5.30. The van der Waals surface area contributed by atoms with E-state index in [0.717, 1.165) is 23.3 Å². The summed E-state index contributed by atoms with van der Waals surface area (Å²) >= 11 is 0. The monoisotopic (exact) mass is 286 g/mol. The van der Waals surface area contributed by atoms with Crippen LogP contribution in [0.4, 0.5) is 0 Å². The molecular formula is C17H22N2O2. The van der Waals surface area contributed by atoms with Crippen molar-refractivity contribution in [3.63, 3.8) is 0 Å². The molecule has 1 unspecified atom stereocenters. The molecule has 1 atom stereocenters. The summed E-state index contributed by atoms with van der Waals surface area (Å²) in [5.74, 6) is 1.48. The molecule has 2 N–H and O–H groups in total. The number of benzene rings is 1. The molecule has 0 amide bonds. The van der Waals surface area contributed by atoms with Crippen LogP contribution in [-0.4, -0.2) is 18.2 Å². The van der Waals surface area contributed by atoms with E-state index in [0.29, 0.717) is 5.88 Å². The zero-order valence-corrected chi connectivity index (χ0v) is 12.7. The fourth-order valence-electron chi connectivity index (χ4n) is 2.09. The molecule has 0 fully saturated rings. The normalized spacial score (nSPS) is 12.2. The summed E-state index contributed by atoms with van der Waals surface area (Å²) in [7, 11) is 1.61. The lowest BCUT2D eigenvalue weighted by atomic mass is 10.0. The lowest BCUT2D eigenvalue weighted by Gasteiger charge is -2.14.